The highest BCUT2D eigenvalue weighted by molar-refractivity contribution is 7.96. The number of nitrogens with zero attached hydrogens (tertiary/aromatic N) is 5. The minimum absolute atomic E-state index is 0.0774. The lowest BCUT2D eigenvalue weighted by molar-refractivity contribution is -0.376. The van der Waals surface area contributed by atoms with Gasteiger partial charge in [-0.05, 0) is 12.0 Å². The average molecular weight is 672 g/mol. The van der Waals surface area contributed by atoms with Crippen molar-refractivity contribution in [3.05, 3.63) is 40.7 Å². The Morgan fingerprint density at radius 1 is 1.11 bits per heavy atom. The van der Waals surface area contributed by atoms with Crippen LogP contribution in [0.15, 0.2) is 35.1 Å². The van der Waals surface area contributed by atoms with E-state index in [9.17, 15) is 44.7 Å². The van der Waals surface area contributed by atoms with Crippen LogP contribution >= 0.6 is 12.2 Å². The van der Waals surface area contributed by atoms with Gasteiger partial charge in [-0.25, -0.2) is 18.4 Å². The molecule has 11 nitrogen and oxygen atoms in total. The van der Waals surface area contributed by atoms with Crippen molar-refractivity contribution in [3.63, 3.8) is 0 Å². The third-order valence-corrected chi connectivity index (χ3v) is 10.2. The molecule has 244 valence electrons. The van der Waals surface area contributed by atoms with Crippen LogP contribution in [0.2, 0.25) is 0 Å². The average Bonchev–Trinajstić information content (AvgIpc) is 2.92. The molecule has 0 radical (unpaired) electrons. The zero-order chi connectivity index (χ0) is 32.8. The number of amides is 1. The van der Waals surface area contributed by atoms with Crippen LogP contribution in [0.3, 0.4) is 0 Å². The first-order chi connectivity index (χ1) is 20.3. The molecule has 3 heterocycles. The molecule has 3 aliphatic rings. The van der Waals surface area contributed by atoms with Gasteiger partial charge in [0.1, 0.15) is 0 Å². The van der Waals surface area contributed by atoms with Crippen LogP contribution in [0.1, 0.15) is 25.8 Å². The van der Waals surface area contributed by atoms with Crippen molar-refractivity contribution >= 4 is 39.0 Å². The Bertz CT molecular complexity index is 1430. The standard InChI is InChI=1S/C25H31F6N7O4S2/c1-14(2)20-21(39)33-5-6-36(20)12-17-13-37(44(41,42)19-9-16(32)3-4-18(19)43)7-8-38(17)22-34-10-15(11-35-22)23(40,24(26,27)28)25(29,30)31/h3,9-11,14,17,20,40H,4-8,12-13,32H2,1-2H3,(H,33,39)/t17-,20?/m0/s1. The van der Waals surface area contributed by atoms with Crippen molar-refractivity contribution in [2.75, 3.05) is 44.2 Å². The van der Waals surface area contributed by atoms with Crippen molar-refractivity contribution in [3.8, 4) is 0 Å². The summed E-state index contributed by atoms with van der Waals surface area (Å²) in [5.74, 6) is -0.675. The second kappa shape index (κ2) is 12.1. The monoisotopic (exact) mass is 671 g/mol. The summed E-state index contributed by atoms with van der Waals surface area (Å²) in [4.78, 5) is 23.5. The molecule has 0 aromatic carbocycles. The van der Waals surface area contributed by atoms with Crippen molar-refractivity contribution in [2.24, 2.45) is 11.7 Å². The number of anilines is 1. The van der Waals surface area contributed by atoms with Crippen LogP contribution in [0.4, 0.5) is 32.3 Å². The van der Waals surface area contributed by atoms with Crippen molar-refractivity contribution < 1.29 is 44.7 Å². The Morgan fingerprint density at radius 3 is 2.30 bits per heavy atom. The van der Waals surface area contributed by atoms with Gasteiger partial charge >= 0.3 is 12.4 Å². The number of aliphatic hydroxyl groups is 1. The number of halogens is 6. The first kappa shape index (κ1) is 34.0. The van der Waals surface area contributed by atoms with E-state index in [1.807, 2.05) is 18.7 Å². The minimum atomic E-state index is -6.12. The largest absolute Gasteiger partial charge is 0.430 e. The topological polar surface area (TPSA) is 145 Å². The maximum absolute atomic E-state index is 13.7. The Balaban J connectivity index is 1.70. The maximum atomic E-state index is 13.7. The van der Waals surface area contributed by atoms with Crippen molar-refractivity contribution in [1.82, 2.24) is 24.5 Å². The highest BCUT2D eigenvalue weighted by Gasteiger charge is 2.71. The van der Waals surface area contributed by atoms with Gasteiger partial charge in [-0.3, -0.25) is 9.69 Å². The van der Waals surface area contributed by atoms with Crippen molar-refractivity contribution in [2.45, 2.75) is 50.3 Å². The minimum Gasteiger partial charge on any atom is -0.399 e. The lowest BCUT2D eigenvalue weighted by Crippen LogP contribution is -2.64. The van der Waals surface area contributed by atoms with E-state index in [1.165, 1.54) is 15.3 Å². The van der Waals surface area contributed by atoms with Gasteiger partial charge in [0, 0.05) is 74.2 Å². The van der Waals surface area contributed by atoms with Crippen LogP contribution < -0.4 is 16.0 Å². The first-order valence-corrected chi connectivity index (χ1v) is 15.3. The zero-order valence-electron chi connectivity index (χ0n) is 23.6. The van der Waals surface area contributed by atoms with Gasteiger partial charge in [-0.2, -0.15) is 30.6 Å². The predicted molar refractivity (Wildman–Crippen MR) is 150 cm³/mol. The number of allylic oxidation sites excluding steroid dienone is 3. The zero-order valence-corrected chi connectivity index (χ0v) is 25.2. The van der Waals surface area contributed by atoms with Gasteiger partial charge in [0.05, 0.1) is 17.0 Å². The molecule has 0 bridgehead atoms. The lowest BCUT2D eigenvalue weighted by atomic mass is 9.95. The normalized spacial score (nSPS) is 23.5. The Morgan fingerprint density at radius 2 is 1.73 bits per heavy atom. The summed E-state index contributed by atoms with van der Waals surface area (Å²) in [6.07, 6.45) is -8.76. The summed E-state index contributed by atoms with van der Waals surface area (Å²) in [5, 5.41) is 12.5. The van der Waals surface area contributed by atoms with Crippen LogP contribution in [0.5, 0.6) is 0 Å². The number of thiocarbonyl (C=S) groups is 1. The van der Waals surface area contributed by atoms with Gasteiger partial charge in [-0.1, -0.05) is 32.1 Å². The molecule has 1 unspecified atom stereocenters. The Labute approximate surface area is 254 Å². The Hall–Kier alpha value is -2.87. The van der Waals surface area contributed by atoms with E-state index < -0.39 is 45.6 Å². The quantitative estimate of drug-likeness (QED) is 0.289. The second-order valence-corrected chi connectivity index (χ2v) is 13.4. The number of nitrogens with one attached hydrogen (secondary N) is 1. The fourth-order valence-corrected chi connectivity index (χ4v) is 7.58. The summed E-state index contributed by atoms with van der Waals surface area (Å²) in [5.41, 5.74) is -0.789. The number of hydrogen-bond acceptors (Lipinski definition) is 10. The smallest absolute Gasteiger partial charge is 0.399 e. The number of rotatable bonds is 7. The van der Waals surface area contributed by atoms with Crippen LogP contribution in [0, 0.1) is 5.92 Å². The fourth-order valence-electron chi connectivity index (χ4n) is 5.50. The molecule has 1 aromatic rings. The summed E-state index contributed by atoms with van der Waals surface area (Å²) in [6.45, 7) is 3.98. The highest BCUT2D eigenvalue weighted by Crippen LogP contribution is 2.49. The van der Waals surface area contributed by atoms with Gasteiger partial charge < -0.3 is 21.1 Å². The van der Waals surface area contributed by atoms with E-state index in [-0.39, 0.29) is 78.2 Å². The molecule has 2 atom stereocenters. The molecule has 2 aliphatic heterocycles. The summed E-state index contributed by atoms with van der Waals surface area (Å²) >= 11 is 5.27. The van der Waals surface area contributed by atoms with Gasteiger partial charge in [0.15, 0.2) is 0 Å². The number of sulfonamides is 1. The number of nitrogens with two attached hydrogens (primary N) is 1. The number of hydrogen-bond donors (Lipinski definition) is 3. The number of carbonyl (C=O) groups excluding carboxylic acids is 1. The number of carbonyl (C=O) groups is 1. The fraction of sp³-hybridized carbons (Fsp3) is 0.600. The maximum Gasteiger partial charge on any atom is 0.430 e. The lowest BCUT2D eigenvalue weighted by Gasteiger charge is -2.45. The molecule has 4 N–H and O–H groups in total. The SMILES string of the molecule is CC(C)C1C(=O)NCCN1C[C@H]1CN(S(=O)(=O)C2=CC(N)=CCC2=S)CCN1c1ncc(C(O)(C(F)(F)F)C(F)(F)F)cn1. The van der Waals surface area contributed by atoms with E-state index in [0.29, 0.717) is 13.1 Å². The van der Waals surface area contributed by atoms with Gasteiger partial charge in [-0.15, -0.1) is 0 Å². The van der Waals surface area contributed by atoms with Crippen molar-refractivity contribution in [1.29, 1.82) is 0 Å². The van der Waals surface area contributed by atoms with Crippen LogP contribution in [0.25, 0.3) is 0 Å². The van der Waals surface area contributed by atoms with Gasteiger partial charge in [0.2, 0.25) is 21.9 Å². The predicted octanol–water partition coefficient (Wildman–Crippen LogP) is 1.57. The molecule has 0 saturated carbocycles. The molecule has 4 rings (SSSR count). The van der Waals surface area contributed by atoms with E-state index in [0.717, 1.165) is 0 Å². The molecule has 2 saturated heterocycles. The third kappa shape index (κ3) is 6.29. The van der Waals surface area contributed by atoms with E-state index in [1.54, 1.807) is 6.08 Å². The number of aromatic nitrogens is 2. The second-order valence-electron chi connectivity index (χ2n) is 11.0. The molecule has 1 aliphatic carbocycles. The summed E-state index contributed by atoms with van der Waals surface area (Å²) in [7, 11) is -4.16. The van der Waals surface area contributed by atoms with E-state index in [2.05, 4.69) is 15.3 Å². The first-order valence-electron chi connectivity index (χ1n) is 13.5. The van der Waals surface area contributed by atoms with E-state index in [4.69, 9.17) is 18.0 Å². The molecule has 1 amide bonds. The molecular weight excluding hydrogens is 640 g/mol. The summed E-state index contributed by atoms with van der Waals surface area (Å²) in [6, 6.07) is -1.39. The molecule has 2 fully saturated rings. The molecule has 1 aromatic heterocycles. The third-order valence-electron chi connectivity index (χ3n) is 7.73. The number of piperazine rings is 2. The molecule has 19 heteroatoms. The Kier molecular flexibility index (Phi) is 9.39. The van der Waals surface area contributed by atoms with E-state index >= 15 is 0 Å². The number of alkyl halides is 6. The molecule has 44 heavy (non-hydrogen) atoms. The van der Waals surface area contributed by atoms with Crippen LogP contribution in [-0.2, 0) is 20.4 Å². The summed E-state index contributed by atoms with van der Waals surface area (Å²) < 4.78 is 109. The van der Waals surface area contributed by atoms with Crippen LogP contribution in [-0.4, -0.2) is 107 Å². The molecular formula is C25H31F6N7O4S2. The molecule has 0 spiro atoms. The van der Waals surface area contributed by atoms with Gasteiger partial charge in [0.25, 0.3) is 5.60 Å². The highest BCUT2D eigenvalue weighted by atomic mass is 32.2.